The van der Waals surface area contributed by atoms with Gasteiger partial charge in [0.25, 0.3) is 0 Å². The maximum absolute atomic E-state index is 13.4. The highest BCUT2D eigenvalue weighted by atomic mass is 32.2. The lowest BCUT2D eigenvalue weighted by molar-refractivity contribution is 0.384. The van der Waals surface area contributed by atoms with E-state index in [1.807, 2.05) is 48.9 Å². The van der Waals surface area contributed by atoms with Gasteiger partial charge in [-0.25, -0.2) is 17.5 Å². The van der Waals surface area contributed by atoms with Crippen molar-refractivity contribution in [2.45, 2.75) is 19.6 Å². The number of rotatable bonds is 5. The number of aryl methyl sites for hydroxylation is 1. The Hall–Kier alpha value is -2.71. The third-order valence-corrected chi connectivity index (χ3v) is 7.29. The number of hydrogen-bond donors (Lipinski definition) is 0. The summed E-state index contributed by atoms with van der Waals surface area (Å²) < 4.78 is 42.4. The molecule has 1 aliphatic rings. The van der Waals surface area contributed by atoms with Gasteiger partial charge < -0.3 is 4.90 Å². The van der Waals surface area contributed by atoms with Crippen LogP contribution in [0.2, 0.25) is 0 Å². The summed E-state index contributed by atoms with van der Waals surface area (Å²) in [6, 6.07) is 15.7. The molecule has 6 nitrogen and oxygen atoms in total. The lowest BCUT2D eigenvalue weighted by atomic mass is 10.2. The van der Waals surface area contributed by atoms with E-state index >= 15 is 0 Å². The molecule has 30 heavy (non-hydrogen) atoms. The van der Waals surface area contributed by atoms with Gasteiger partial charge in [0.1, 0.15) is 5.82 Å². The maximum Gasteiger partial charge on any atom is 0.218 e. The highest BCUT2D eigenvalue weighted by molar-refractivity contribution is 7.88. The van der Waals surface area contributed by atoms with Gasteiger partial charge in [0.2, 0.25) is 10.0 Å². The van der Waals surface area contributed by atoms with E-state index in [4.69, 9.17) is 5.10 Å². The first-order valence-electron chi connectivity index (χ1n) is 9.94. The van der Waals surface area contributed by atoms with Crippen LogP contribution in [0.1, 0.15) is 17.0 Å². The summed E-state index contributed by atoms with van der Waals surface area (Å²) in [5.41, 5.74) is 4.48. The number of aromatic nitrogens is 2. The van der Waals surface area contributed by atoms with Crippen LogP contribution in [-0.2, 0) is 15.8 Å². The summed E-state index contributed by atoms with van der Waals surface area (Å²) in [5.74, 6) is -0.608. The highest BCUT2D eigenvalue weighted by Gasteiger charge is 2.29. The van der Waals surface area contributed by atoms with Crippen LogP contribution in [0.15, 0.2) is 54.6 Å². The topological polar surface area (TPSA) is 58.4 Å². The number of anilines is 1. The second kappa shape index (κ2) is 8.20. The Bertz CT molecular complexity index is 1140. The molecule has 0 N–H and O–H groups in total. The van der Waals surface area contributed by atoms with Gasteiger partial charge in [-0.1, -0.05) is 30.3 Å². The minimum atomic E-state index is -3.50. The minimum absolute atomic E-state index is 0.186. The zero-order valence-corrected chi connectivity index (χ0v) is 17.9. The van der Waals surface area contributed by atoms with Crippen molar-refractivity contribution in [1.82, 2.24) is 14.1 Å². The molecule has 0 unspecified atom stereocenters. The fourth-order valence-electron chi connectivity index (χ4n) is 4.03. The number of para-hydroxylation sites is 1. The lowest BCUT2D eigenvalue weighted by Gasteiger charge is -2.35. The van der Waals surface area contributed by atoms with Crippen LogP contribution in [0.25, 0.3) is 5.69 Å². The molecule has 0 radical (unpaired) electrons. The van der Waals surface area contributed by atoms with E-state index in [2.05, 4.69) is 4.90 Å². The van der Waals surface area contributed by atoms with Crippen LogP contribution in [0, 0.1) is 19.7 Å². The van der Waals surface area contributed by atoms with Crippen LogP contribution in [0.5, 0.6) is 0 Å². The standard InChI is InChI=1S/C22H25FN4O2S/c1-17-22(18(2)27(24-17)21-9-4-3-5-10-21)25-11-13-26(14-12-25)30(28,29)16-19-7-6-8-20(23)15-19/h3-10,15H,11-14,16H2,1-2H3. The molecule has 0 amide bonds. The van der Waals surface area contributed by atoms with Gasteiger partial charge in [-0.3, -0.25) is 0 Å². The molecule has 0 bridgehead atoms. The minimum Gasteiger partial charge on any atom is -0.366 e. The average Bonchev–Trinajstić information content (AvgIpc) is 3.02. The monoisotopic (exact) mass is 428 g/mol. The predicted molar refractivity (Wildman–Crippen MR) is 116 cm³/mol. The Morgan fingerprint density at radius 3 is 2.33 bits per heavy atom. The van der Waals surface area contributed by atoms with Gasteiger partial charge in [0.15, 0.2) is 0 Å². The first kappa shape index (κ1) is 20.6. The molecule has 2 heterocycles. The molecule has 2 aromatic carbocycles. The average molecular weight is 429 g/mol. The molecule has 1 saturated heterocycles. The molecule has 0 saturated carbocycles. The lowest BCUT2D eigenvalue weighted by Crippen LogP contribution is -2.49. The van der Waals surface area contributed by atoms with E-state index in [1.165, 1.54) is 22.5 Å². The number of nitrogens with zero attached hydrogens (tertiary/aromatic N) is 4. The van der Waals surface area contributed by atoms with E-state index in [0.717, 1.165) is 22.8 Å². The van der Waals surface area contributed by atoms with Crippen molar-refractivity contribution in [3.8, 4) is 5.69 Å². The molecule has 0 atom stereocenters. The van der Waals surface area contributed by atoms with Crippen molar-refractivity contribution >= 4 is 15.7 Å². The fourth-order valence-corrected chi connectivity index (χ4v) is 5.53. The van der Waals surface area contributed by atoms with Crippen LogP contribution in [0.4, 0.5) is 10.1 Å². The summed E-state index contributed by atoms with van der Waals surface area (Å²) in [4.78, 5) is 2.20. The van der Waals surface area contributed by atoms with E-state index in [0.29, 0.717) is 31.7 Å². The third kappa shape index (κ3) is 4.11. The zero-order valence-electron chi connectivity index (χ0n) is 17.1. The smallest absolute Gasteiger partial charge is 0.218 e. The third-order valence-electron chi connectivity index (χ3n) is 5.44. The van der Waals surface area contributed by atoms with Crippen LogP contribution < -0.4 is 4.90 Å². The van der Waals surface area contributed by atoms with Crippen molar-refractivity contribution in [1.29, 1.82) is 0 Å². The van der Waals surface area contributed by atoms with E-state index < -0.39 is 15.8 Å². The molecular weight excluding hydrogens is 403 g/mol. The molecule has 1 fully saturated rings. The van der Waals surface area contributed by atoms with Gasteiger partial charge in [0.05, 0.1) is 28.5 Å². The van der Waals surface area contributed by atoms with E-state index in [-0.39, 0.29) is 5.75 Å². The van der Waals surface area contributed by atoms with Crippen molar-refractivity contribution in [2.75, 3.05) is 31.1 Å². The molecular formula is C22H25FN4O2S. The predicted octanol–water partition coefficient (Wildman–Crippen LogP) is 3.28. The number of halogens is 1. The highest BCUT2D eigenvalue weighted by Crippen LogP contribution is 2.28. The second-order valence-electron chi connectivity index (χ2n) is 7.54. The van der Waals surface area contributed by atoms with Crippen molar-refractivity contribution in [2.24, 2.45) is 0 Å². The van der Waals surface area contributed by atoms with Gasteiger partial charge in [-0.2, -0.15) is 9.40 Å². The van der Waals surface area contributed by atoms with Gasteiger partial charge >= 0.3 is 0 Å². The van der Waals surface area contributed by atoms with Crippen molar-refractivity contribution < 1.29 is 12.8 Å². The Labute approximate surface area is 176 Å². The first-order chi connectivity index (χ1) is 14.3. The Balaban J connectivity index is 1.48. The molecule has 0 aliphatic carbocycles. The van der Waals surface area contributed by atoms with E-state index in [1.54, 1.807) is 6.07 Å². The fraction of sp³-hybridized carbons (Fsp3) is 0.318. The zero-order chi connectivity index (χ0) is 21.3. The van der Waals surface area contributed by atoms with Gasteiger partial charge in [-0.05, 0) is 43.7 Å². The molecule has 4 rings (SSSR count). The number of sulfonamides is 1. The summed E-state index contributed by atoms with van der Waals surface area (Å²) in [5, 5.41) is 4.70. The quantitative estimate of drug-likeness (QED) is 0.626. The molecule has 3 aromatic rings. The molecule has 0 spiro atoms. The second-order valence-corrected chi connectivity index (χ2v) is 9.51. The van der Waals surface area contributed by atoms with Gasteiger partial charge in [-0.15, -0.1) is 0 Å². The maximum atomic E-state index is 13.4. The van der Waals surface area contributed by atoms with Gasteiger partial charge in [0, 0.05) is 26.2 Å². The van der Waals surface area contributed by atoms with Crippen LogP contribution in [0.3, 0.4) is 0 Å². The normalized spacial score (nSPS) is 15.5. The number of hydrogen-bond acceptors (Lipinski definition) is 4. The molecule has 8 heteroatoms. The first-order valence-corrected chi connectivity index (χ1v) is 11.5. The number of benzene rings is 2. The summed E-state index contributed by atoms with van der Waals surface area (Å²) in [6.45, 7) is 5.99. The SMILES string of the molecule is Cc1nn(-c2ccccc2)c(C)c1N1CCN(S(=O)(=O)Cc2cccc(F)c2)CC1. The van der Waals surface area contributed by atoms with Crippen LogP contribution in [-0.4, -0.2) is 48.7 Å². The van der Waals surface area contributed by atoms with Crippen molar-refractivity contribution in [3.05, 3.63) is 77.4 Å². The van der Waals surface area contributed by atoms with E-state index in [9.17, 15) is 12.8 Å². The Kier molecular flexibility index (Phi) is 5.62. The summed E-state index contributed by atoms with van der Waals surface area (Å²) >= 11 is 0. The summed E-state index contributed by atoms with van der Waals surface area (Å²) in [7, 11) is -3.50. The summed E-state index contributed by atoms with van der Waals surface area (Å²) in [6.07, 6.45) is 0. The molecule has 1 aliphatic heterocycles. The Morgan fingerprint density at radius 1 is 0.967 bits per heavy atom. The molecule has 1 aromatic heterocycles. The number of piperazine rings is 1. The van der Waals surface area contributed by atoms with Crippen LogP contribution >= 0.6 is 0 Å². The van der Waals surface area contributed by atoms with Crippen molar-refractivity contribution in [3.63, 3.8) is 0 Å². The largest absolute Gasteiger partial charge is 0.366 e. The Morgan fingerprint density at radius 2 is 1.67 bits per heavy atom. The molecule has 158 valence electrons.